The van der Waals surface area contributed by atoms with E-state index in [-0.39, 0.29) is 18.3 Å². The van der Waals surface area contributed by atoms with Gasteiger partial charge in [0, 0.05) is 11.6 Å². The van der Waals surface area contributed by atoms with Crippen molar-refractivity contribution in [1.82, 2.24) is 10.1 Å². The molecule has 0 fully saturated rings. The Hall–Kier alpha value is -3.28. The topological polar surface area (TPSA) is 65.2 Å². The summed E-state index contributed by atoms with van der Waals surface area (Å²) in [7, 11) is 0. The molecule has 0 aliphatic carbocycles. The first-order chi connectivity index (χ1) is 11.7. The van der Waals surface area contributed by atoms with E-state index in [1.165, 1.54) is 24.3 Å². The Kier molecular flexibility index (Phi) is 4.76. The third-order valence-electron chi connectivity index (χ3n) is 3.10. The molecule has 0 unspecified atom stereocenters. The van der Waals surface area contributed by atoms with E-state index in [0.717, 1.165) is 5.56 Å². The van der Waals surface area contributed by atoms with Crippen molar-refractivity contribution in [2.45, 2.75) is 6.61 Å². The average Bonchev–Trinajstić information content (AvgIpc) is 3.08. The Labute approximate surface area is 137 Å². The van der Waals surface area contributed by atoms with Crippen LogP contribution in [0.25, 0.3) is 17.5 Å². The van der Waals surface area contributed by atoms with Crippen molar-refractivity contribution in [2.75, 3.05) is 0 Å². The van der Waals surface area contributed by atoms with Gasteiger partial charge in [-0.15, -0.1) is 0 Å². The smallest absolute Gasteiger partial charge is 0.331 e. The number of halogens is 1. The summed E-state index contributed by atoms with van der Waals surface area (Å²) in [6.45, 7) is -0.133. The highest BCUT2D eigenvalue weighted by Gasteiger charge is 2.09. The van der Waals surface area contributed by atoms with Crippen LogP contribution in [0.3, 0.4) is 0 Å². The molecule has 1 heterocycles. The minimum absolute atomic E-state index is 0.133. The van der Waals surface area contributed by atoms with Gasteiger partial charge in [0.15, 0.2) is 6.61 Å². The highest BCUT2D eigenvalue weighted by Crippen LogP contribution is 2.15. The fraction of sp³-hybridized carbons (Fsp3) is 0.0556. The molecule has 0 aliphatic heterocycles. The van der Waals surface area contributed by atoms with Gasteiger partial charge in [0.2, 0.25) is 5.82 Å². The number of esters is 1. The van der Waals surface area contributed by atoms with E-state index >= 15 is 0 Å². The van der Waals surface area contributed by atoms with Gasteiger partial charge in [0.25, 0.3) is 5.89 Å². The minimum atomic E-state index is -0.585. The first kappa shape index (κ1) is 15.6. The molecule has 3 aromatic rings. The summed E-state index contributed by atoms with van der Waals surface area (Å²) in [5.74, 6) is -0.332. The minimum Gasteiger partial charge on any atom is -0.452 e. The van der Waals surface area contributed by atoms with Crippen LogP contribution < -0.4 is 0 Å². The summed E-state index contributed by atoms with van der Waals surface area (Å²) in [5.41, 5.74) is 1.38. The van der Waals surface area contributed by atoms with Crippen LogP contribution in [0.15, 0.2) is 65.2 Å². The molecule has 0 amide bonds. The van der Waals surface area contributed by atoms with Gasteiger partial charge < -0.3 is 9.26 Å². The molecule has 0 N–H and O–H groups in total. The zero-order chi connectivity index (χ0) is 16.8. The molecule has 0 saturated carbocycles. The maximum atomic E-state index is 13.0. The Morgan fingerprint density at radius 3 is 2.79 bits per heavy atom. The number of ether oxygens (including phenoxy) is 1. The number of nitrogens with zero attached hydrogens (tertiary/aromatic N) is 2. The van der Waals surface area contributed by atoms with E-state index in [9.17, 15) is 9.18 Å². The summed E-state index contributed by atoms with van der Waals surface area (Å²) >= 11 is 0. The SMILES string of the molecule is O=C(/C=C/c1cccc(F)c1)OCc1nc(-c2ccccc2)no1. The Morgan fingerprint density at radius 2 is 2.00 bits per heavy atom. The van der Waals surface area contributed by atoms with Crippen molar-refractivity contribution in [1.29, 1.82) is 0 Å². The summed E-state index contributed by atoms with van der Waals surface area (Å²) in [6.07, 6.45) is 2.68. The largest absolute Gasteiger partial charge is 0.452 e. The zero-order valence-corrected chi connectivity index (χ0v) is 12.6. The first-order valence-electron chi connectivity index (χ1n) is 7.19. The van der Waals surface area contributed by atoms with Crippen LogP contribution in [0.1, 0.15) is 11.5 Å². The van der Waals surface area contributed by atoms with Crippen molar-refractivity contribution in [3.63, 3.8) is 0 Å². The molecule has 0 saturated heterocycles. The van der Waals surface area contributed by atoms with E-state index in [0.29, 0.717) is 11.4 Å². The fourth-order valence-electron chi connectivity index (χ4n) is 1.97. The number of hydrogen-bond donors (Lipinski definition) is 0. The van der Waals surface area contributed by atoms with Crippen molar-refractivity contribution in [2.24, 2.45) is 0 Å². The molecule has 0 aliphatic rings. The van der Waals surface area contributed by atoms with Gasteiger partial charge in [-0.2, -0.15) is 4.98 Å². The van der Waals surface area contributed by atoms with E-state index in [4.69, 9.17) is 9.26 Å². The van der Waals surface area contributed by atoms with E-state index in [2.05, 4.69) is 10.1 Å². The molecule has 2 aromatic carbocycles. The van der Waals surface area contributed by atoms with Gasteiger partial charge in [-0.05, 0) is 23.8 Å². The molecule has 0 bridgehead atoms. The molecule has 24 heavy (non-hydrogen) atoms. The maximum absolute atomic E-state index is 13.0. The first-order valence-corrected chi connectivity index (χ1v) is 7.19. The van der Waals surface area contributed by atoms with Gasteiger partial charge in [-0.1, -0.05) is 47.6 Å². The number of carbonyl (C=O) groups is 1. The van der Waals surface area contributed by atoms with Crippen molar-refractivity contribution >= 4 is 12.0 Å². The van der Waals surface area contributed by atoms with Crippen molar-refractivity contribution in [3.8, 4) is 11.4 Å². The van der Waals surface area contributed by atoms with Crippen LogP contribution >= 0.6 is 0 Å². The predicted molar refractivity (Wildman–Crippen MR) is 85.0 cm³/mol. The van der Waals surface area contributed by atoms with Crippen LogP contribution in [0.4, 0.5) is 4.39 Å². The Bertz CT molecular complexity index is 859. The molecule has 6 heteroatoms. The van der Waals surface area contributed by atoms with Crippen LogP contribution in [0, 0.1) is 5.82 Å². The second-order valence-corrected chi connectivity index (χ2v) is 4.87. The number of benzene rings is 2. The predicted octanol–water partition coefficient (Wildman–Crippen LogP) is 3.63. The molecule has 3 rings (SSSR count). The fourth-order valence-corrected chi connectivity index (χ4v) is 1.97. The van der Waals surface area contributed by atoms with E-state index in [1.807, 2.05) is 30.3 Å². The van der Waals surface area contributed by atoms with E-state index in [1.54, 1.807) is 12.1 Å². The van der Waals surface area contributed by atoms with Gasteiger partial charge in [-0.3, -0.25) is 0 Å². The van der Waals surface area contributed by atoms with Crippen LogP contribution in [0.5, 0.6) is 0 Å². The molecule has 1 aromatic heterocycles. The van der Waals surface area contributed by atoms with Crippen LogP contribution in [-0.4, -0.2) is 16.1 Å². The molecular formula is C18H13FN2O3. The summed E-state index contributed by atoms with van der Waals surface area (Å²) in [5, 5.41) is 3.83. The van der Waals surface area contributed by atoms with Crippen LogP contribution in [-0.2, 0) is 16.1 Å². The lowest BCUT2D eigenvalue weighted by atomic mass is 10.2. The second kappa shape index (κ2) is 7.32. The monoisotopic (exact) mass is 324 g/mol. The van der Waals surface area contributed by atoms with E-state index < -0.39 is 5.97 Å². The number of aromatic nitrogens is 2. The van der Waals surface area contributed by atoms with Gasteiger partial charge in [0.1, 0.15) is 5.82 Å². The molecule has 5 nitrogen and oxygen atoms in total. The van der Waals surface area contributed by atoms with Crippen molar-refractivity contribution < 1.29 is 18.4 Å². The molecule has 120 valence electrons. The van der Waals surface area contributed by atoms with Gasteiger partial charge in [-0.25, -0.2) is 9.18 Å². The lowest BCUT2D eigenvalue weighted by Gasteiger charge is -1.97. The second-order valence-electron chi connectivity index (χ2n) is 4.87. The number of carbonyl (C=O) groups excluding carboxylic acids is 1. The molecule has 0 radical (unpaired) electrons. The average molecular weight is 324 g/mol. The molecule has 0 spiro atoms. The Balaban J connectivity index is 1.56. The molecular weight excluding hydrogens is 311 g/mol. The quantitative estimate of drug-likeness (QED) is 0.529. The Morgan fingerprint density at radius 1 is 1.17 bits per heavy atom. The van der Waals surface area contributed by atoms with Gasteiger partial charge >= 0.3 is 5.97 Å². The van der Waals surface area contributed by atoms with Crippen molar-refractivity contribution in [3.05, 3.63) is 77.9 Å². The van der Waals surface area contributed by atoms with Crippen LogP contribution in [0.2, 0.25) is 0 Å². The third-order valence-corrected chi connectivity index (χ3v) is 3.10. The zero-order valence-electron chi connectivity index (χ0n) is 12.6. The highest BCUT2D eigenvalue weighted by molar-refractivity contribution is 5.86. The maximum Gasteiger partial charge on any atom is 0.331 e. The molecule has 0 atom stereocenters. The van der Waals surface area contributed by atoms with Gasteiger partial charge in [0.05, 0.1) is 0 Å². The standard InChI is InChI=1S/C18H13FN2O3/c19-15-8-4-5-13(11-15)9-10-17(22)23-12-16-20-18(21-24-16)14-6-2-1-3-7-14/h1-11H,12H2/b10-9+. The number of hydrogen-bond acceptors (Lipinski definition) is 5. The summed E-state index contributed by atoms with van der Waals surface area (Å²) < 4.78 is 23.1. The summed E-state index contributed by atoms with van der Waals surface area (Å²) in [4.78, 5) is 15.8. The lowest BCUT2D eigenvalue weighted by molar-refractivity contribution is -0.139. The number of rotatable bonds is 5. The normalized spacial score (nSPS) is 10.9. The lowest BCUT2D eigenvalue weighted by Crippen LogP contribution is -2.01. The third kappa shape index (κ3) is 4.13. The summed E-state index contributed by atoms with van der Waals surface area (Å²) in [6, 6.07) is 15.2. The highest BCUT2D eigenvalue weighted by atomic mass is 19.1.